The second kappa shape index (κ2) is 8.66. The van der Waals surface area contributed by atoms with Gasteiger partial charge in [0, 0.05) is 44.2 Å². The summed E-state index contributed by atoms with van der Waals surface area (Å²) in [5.74, 6) is 1.44. The fraction of sp³-hybridized carbons (Fsp3) is 0.647. The van der Waals surface area contributed by atoms with Crippen LogP contribution in [0.15, 0.2) is 24.3 Å². The molecule has 23 heavy (non-hydrogen) atoms. The lowest BCUT2D eigenvalue weighted by molar-refractivity contribution is 0.0809. The molecule has 1 unspecified atom stereocenters. The molecule has 1 heterocycles. The smallest absolute Gasteiger partial charge is 0.120 e. The Morgan fingerprint density at radius 1 is 1.26 bits per heavy atom. The van der Waals surface area contributed by atoms with Crippen molar-refractivity contribution >= 4 is 16.7 Å². The van der Waals surface area contributed by atoms with Gasteiger partial charge in [-0.25, -0.2) is 4.21 Å². The molecule has 1 aromatic carbocycles. The number of piperazine rings is 1. The molecule has 2 N–H and O–H groups in total. The van der Waals surface area contributed by atoms with Gasteiger partial charge in [0.1, 0.15) is 22.3 Å². The van der Waals surface area contributed by atoms with E-state index in [1.807, 2.05) is 31.2 Å². The quantitative estimate of drug-likeness (QED) is 0.763. The van der Waals surface area contributed by atoms with Crippen LogP contribution < -0.4 is 14.8 Å². The summed E-state index contributed by atoms with van der Waals surface area (Å²) >= 11 is 0. The van der Waals surface area contributed by atoms with Crippen molar-refractivity contribution in [1.82, 2.24) is 10.2 Å². The van der Waals surface area contributed by atoms with E-state index in [0.29, 0.717) is 5.75 Å². The van der Waals surface area contributed by atoms with Gasteiger partial charge >= 0.3 is 0 Å². The molecular formula is C17H29N3O2S. The molecule has 0 aromatic heterocycles. The Balaban J connectivity index is 1.82. The first-order valence-electron chi connectivity index (χ1n) is 8.36. The minimum absolute atomic E-state index is 0.202. The van der Waals surface area contributed by atoms with Crippen LogP contribution in [0.3, 0.4) is 0 Å². The van der Waals surface area contributed by atoms with Crippen molar-refractivity contribution in [2.24, 2.45) is 0 Å². The van der Waals surface area contributed by atoms with Gasteiger partial charge in [0.25, 0.3) is 0 Å². The van der Waals surface area contributed by atoms with Gasteiger partial charge in [-0.3, -0.25) is 0 Å². The lowest BCUT2D eigenvalue weighted by Gasteiger charge is -2.32. The summed E-state index contributed by atoms with van der Waals surface area (Å²) in [5.41, 5.74) is 0.655. The van der Waals surface area contributed by atoms with Gasteiger partial charge in [-0.2, -0.15) is 0 Å². The Labute approximate surface area is 142 Å². The molecule has 1 aliphatic rings. The molecular weight excluding hydrogens is 310 g/mol. The Morgan fingerprint density at radius 2 is 1.91 bits per heavy atom. The zero-order chi connectivity index (χ0) is 16.7. The fourth-order valence-electron chi connectivity index (χ4n) is 2.53. The van der Waals surface area contributed by atoms with Crippen LogP contribution in [0.25, 0.3) is 0 Å². The van der Waals surface area contributed by atoms with Gasteiger partial charge in [-0.05, 0) is 44.5 Å². The molecule has 0 bridgehead atoms. The highest BCUT2D eigenvalue weighted by Crippen LogP contribution is 2.23. The Morgan fingerprint density at radius 3 is 2.52 bits per heavy atom. The minimum atomic E-state index is -1.01. The standard InChI is InChI=1S/C17H29N3O2S/c1-4-23(21)19-15-5-7-16(8-6-15)22-17(2,3)9-12-20-13-10-18-11-14-20/h5-8,18-19H,4,9-14H2,1-3H3. The average Bonchev–Trinajstić information content (AvgIpc) is 2.55. The number of rotatable bonds is 8. The number of ether oxygens (including phenoxy) is 1. The number of hydrogen-bond acceptors (Lipinski definition) is 4. The van der Waals surface area contributed by atoms with E-state index in [1.54, 1.807) is 0 Å². The molecule has 0 amide bonds. The van der Waals surface area contributed by atoms with Gasteiger partial charge < -0.3 is 19.7 Å². The van der Waals surface area contributed by atoms with E-state index in [9.17, 15) is 4.21 Å². The third kappa shape index (κ3) is 6.49. The molecule has 6 heteroatoms. The molecule has 2 rings (SSSR count). The predicted octanol–water partition coefficient (Wildman–Crippen LogP) is 2.23. The molecule has 0 saturated carbocycles. The second-order valence-electron chi connectivity index (χ2n) is 6.46. The highest BCUT2D eigenvalue weighted by atomic mass is 32.2. The summed E-state index contributed by atoms with van der Waals surface area (Å²) in [6.45, 7) is 11.6. The molecule has 1 fully saturated rings. The van der Waals surface area contributed by atoms with E-state index in [2.05, 4.69) is 28.8 Å². The van der Waals surface area contributed by atoms with Crippen LogP contribution in [0.5, 0.6) is 5.75 Å². The molecule has 130 valence electrons. The second-order valence-corrected chi connectivity index (χ2v) is 7.94. The van der Waals surface area contributed by atoms with Crippen molar-refractivity contribution < 1.29 is 8.95 Å². The Kier molecular flexibility index (Phi) is 6.87. The van der Waals surface area contributed by atoms with E-state index >= 15 is 0 Å². The largest absolute Gasteiger partial charge is 0.488 e. The molecule has 0 radical (unpaired) electrons. The van der Waals surface area contributed by atoms with E-state index in [-0.39, 0.29) is 5.60 Å². The molecule has 1 saturated heterocycles. The molecule has 1 atom stereocenters. The Hall–Kier alpha value is -1.11. The maximum absolute atomic E-state index is 11.5. The van der Waals surface area contributed by atoms with Crippen LogP contribution in [0, 0.1) is 0 Å². The predicted molar refractivity (Wildman–Crippen MR) is 97.4 cm³/mol. The van der Waals surface area contributed by atoms with Crippen LogP contribution in [-0.4, -0.2) is 53.2 Å². The van der Waals surface area contributed by atoms with Crippen LogP contribution in [0.4, 0.5) is 5.69 Å². The summed E-state index contributed by atoms with van der Waals surface area (Å²) in [6.07, 6.45) is 0.993. The number of nitrogens with one attached hydrogen (secondary N) is 2. The highest BCUT2D eigenvalue weighted by molar-refractivity contribution is 7.86. The number of benzene rings is 1. The topological polar surface area (TPSA) is 53.6 Å². The van der Waals surface area contributed by atoms with Crippen molar-refractivity contribution in [2.45, 2.75) is 32.8 Å². The zero-order valence-electron chi connectivity index (χ0n) is 14.4. The van der Waals surface area contributed by atoms with Crippen molar-refractivity contribution in [2.75, 3.05) is 43.2 Å². The van der Waals surface area contributed by atoms with Crippen LogP contribution in [0.1, 0.15) is 27.2 Å². The van der Waals surface area contributed by atoms with E-state index in [1.165, 1.54) is 0 Å². The molecule has 0 spiro atoms. The van der Waals surface area contributed by atoms with E-state index < -0.39 is 11.0 Å². The summed E-state index contributed by atoms with van der Waals surface area (Å²) in [7, 11) is -1.01. The third-order valence-electron chi connectivity index (χ3n) is 3.98. The van der Waals surface area contributed by atoms with Gasteiger partial charge in [-0.15, -0.1) is 0 Å². The van der Waals surface area contributed by atoms with Crippen molar-refractivity contribution in [3.05, 3.63) is 24.3 Å². The highest BCUT2D eigenvalue weighted by Gasteiger charge is 2.22. The summed E-state index contributed by atoms with van der Waals surface area (Å²) in [6, 6.07) is 7.69. The van der Waals surface area contributed by atoms with Crippen LogP contribution >= 0.6 is 0 Å². The minimum Gasteiger partial charge on any atom is -0.488 e. The molecule has 0 aliphatic carbocycles. The average molecular weight is 340 g/mol. The number of hydrogen-bond donors (Lipinski definition) is 2. The zero-order valence-corrected chi connectivity index (χ0v) is 15.2. The monoisotopic (exact) mass is 339 g/mol. The first-order chi connectivity index (χ1) is 11.0. The first-order valence-corrected chi connectivity index (χ1v) is 9.67. The van der Waals surface area contributed by atoms with Crippen molar-refractivity contribution in [3.63, 3.8) is 0 Å². The molecule has 1 aliphatic heterocycles. The Bertz CT molecular complexity index is 499. The maximum atomic E-state index is 11.5. The lowest BCUT2D eigenvalue weighted by Crippen LogP contribution is -2.45. The first kappa shape index (κ1) is 18.2. The van der Waals surface area contributed by atoms with Gasteiger partial charge in [-0.1, -0.05) is 6.92 Å². The summed E-state index contributed by atoms with van der Waals surface area (Å²) < 4.78 is 20.6. The molecule has 5 nitrogen and oxygen atoms in total. The van der Waals surface area contributed by atoms with Gasteiger partial charge in [0.2, 0.25) is 0 Å². The van der Waals surface area contributed by atoms with Gasteiger partial charge in [0.15, 0.2) is 0 Å². The van der Waals surface area contributed by atoms with Crippen LogP contribution in [0.2, 0.25) is 0 Å². The van der Waals surface area contributed by atoms with Gasteiger partial charge in [0.05, 0.1) is 0 Å². The van der Waals surface area contributed by atoms with E-state index in [4.69, 9.17) is 4.74 Å². The number of nitrogens with zero attached hydrogens (tertiary/aromatic N) is 1. The SMILES string of the molecule is CCS(=O)Nc1ccc(OC(C)(C)CCN2CCNCC2)cc1. The van der Waals surface area contributed by atoms with E-state index in [0.717, 1.165) is 50.6 Å². The maximum Gasteiger partial charge on any atom is 0.120 e. The third-order valence-corrected chi connectivity index (χ3v) is 4.97. The number of anilines is 1. The van der Waals surface area contributed by atoms with Crippen molar-refractivity contribution in [3.8, 4) is 5.75 Å². The summed E-state index contributed by atoms with van der Waals surface area (Å²) in [5, 5.41) is 3.37. The fourth-order valence-corrected chi connectivity index (χ4v) is 3.07. The van der Waals surface area contributed by atoms with Crippen molar-refractivity contribution in [1.29, 1.82) is 0 Å². The molecule has 1 aromatic rings. The normalized spacial score (nSPS) is 17.7. The summed E-state index contributed by atoms with van der Waals surface area (Å²) in [4.78, 5) is 2.48. The van der Waals surface area contributed by atoms with Crippen LogP contribution in [-0.2, 0) is 11.0 Å². The lowest BCUT2D eigenvalue weighted by atomic mass is 10.0.